The minimum absolute atomic E-state index is 0.0265. The summed E-state index contributed by atoms with van der Waals surface area (Å²) in [6, 6.07) is 10.3. The fourth-order valence-corrected chi connectivity index (χ4v) is 5.03. The molecular formula is C23H29ClN2O2S. The number of aryl methyl sites for hydroxylation is 1. The van der Waals surface area contributed by atoms with E-state index in [-0.39, 0.29) is 30.3 Å². The molecule has 1 aromatic carbocycles. The molecule has 0 N–H and O–H groups in total. The molecule has 2 aromatic rings. The van der Waals surface area contributed by atoms with Crippen LogP contribution < -0.4 is 0 Å². The Morgan fingerprint density at radius 2 is 1.93 bits per heavy atom. The molecule has 0 saturated heterocycles. The second-order valence-electron chi connectivity index (χ2n) is 8.12. The average Bonchev–Trinajstić information content (AvgIpc) is 3.15. The number of hydrogen-bond donors (Lipinski definition) is 0. The van der Waals surface area contributed by atoms with Crippen LogP contribution in [0.5, 0.6) is 0 Å². The number of nitrogens with zero attached hydrogens (tertiary/aromatic N) is 2. The lowest BCUT2D eigenvalue weighted by atomic mass is 9.90. The van der Waals surface area contributed by atoms with E-state index >= 15 is 0 Å². The maximum Gasteiger partial charge on any atom is 0.242 e. The Morgan fingerprint density at radius 3 is 2.59 bits per heavy atom. The Balaban J connectivity index is 1.92. The van der Waals surface area contributed by atoms with Gasteiger partial charge < -0.3 is 9.80 Å². The van der Waals surface area contributed by atoms with Gasteiger partial charge in [-0.15, -0.1) is 22.9 Å². The number of thiophene rings is 1. The SMILES string of the molecule is Cc1ccccc1C1c2ccsc2CCN1C(=O)CN(CC(C)C)C(=O)C(C)Cl. The predicted molar refractivity (Wildman–Crippen MR) is 119 cm³/mol. The van der Waals surface area contributed by atoms with E-state index in [0.29, 0.717) is 13.1 Å². The highest BCUT2D eigenvalue weighted by Gasteiger charge is 2.35. The van der Waals surface area contributed by atoms with Crippen molar-refractivity contribution in [1.29, 1.82) is 0 Å². The first kappa shape index (κ1) is 21.8. The van der Waals surface area contributed by atoms with E-state index < -0.39 is 5.38 Å². The first-order valence-corrected chi connectivity index (χ1v) is 11.4. The fraction of sp³-hybridized carbons (Fsp3) is 0.478. The number of alkyl halides is 1. The van der Waals surface area contributed by atoms with Crippen LogP contribution in [0.1, 0.15) is 48.4 Å². The molecule has 0 radical (unpaired) electrons. The van der Waals surface area contributed by atoms with Crippen LogP contribution in [0.25, 0.3) is 0 Å². The third-order valence-electron chi connectivity index (χ3n) is 5.33. The van der Waals surface area contributed by atoms with Crippen molar-refractivity contribution in [2.45, 2.75) is 45.5 Å². The van der Waals surface area contributed by atoms with Gasteiger partial charge in [0.15, 0.2) is 0 Å². The van der Waals surface area contributed by atoms with Crippen molar-refractivity contribution >= 4 is 34.8 Å². The molecular weight excluding hydrogens is 404 g/mol. The lowest BCUT2D eigenvalue weighted by Gasteiger charge is -2.38. The van der Waals surface area contributed by atoms with Crippen molar-refractivity contribution < 1.29 is 9.59 Å². The van der Waals surface area contributed by atoms with Gasteiger partial charge >= 0.3 is 0 Å². The quantitative estimate of drug-likeness (QED) is 0.624. The number of amides is 2. The number of rotatable bonds is 6. The van der Waals surface area contributed by atoms with Crippen molar-refractivity contribution in [2.24, 2.45) is 5.92 Å². The standard InChI is InChI=1S/C23H29ClN2O2S/c1-15(2)13-25(23(28)17(4)24)14-21(27)26-11-9-20-19(10-12-29-20)22(26)18-8-6-5-7-16(18)3/h5-8,10,12,15,17,22H,9,11,13-14H2,1-4H3. The van der Waals surface area contributed by atoms with E-state index in [9.17, 15) is 9.59 Å². The molecule has 0 aliphatic carbocycles. The van der Waals surface area contributed by atoms with Gasteiger partial charge in [0.2, 0.25) is 11.8 Å². The minimum atomic E-state index is -0.640. The van der Waals surface area contributed by atoms with Gasteiger partial charge in [0, 0.05) is 18.0 Å². The largest absolute Gasteiger partial charge is 0.332 e. The molecule has 2 amide bonds. The van der Waals surface area contributed by atoms with Gasteiger partial charge in [-0.2, -0.15) is 0 Å². The number of benzene rings is 1. The van der Waals surface area contributed by atoms with Gasteiger partial charge in [-0.05, 0) is 54.3 Å². The van der Waals surface area contributed by atoms with Gasteiger partial charge in [-0.1, -0.05) is 38.1 Å². The van der Waals surface area contributed by atoms with E-state index in [2.05, 4.69) is 30.5 Å². The second kappa shape index (κ2) is 9.31. The second-order valence-corrected chi connectivity index (χ2v) is 9.78. The highest BCUT2D eigenvalue weighted by atomic mass is 35.5. The topological polar surface area (TPSA) is 40.6 Å². The van der Waals surface area contributed by atoms with Crippen molar-refractivity contribution in [2.75, 3.05) is 19.6 Å². The van der Waals surface area contributed by atoms with E-state index in [1.165, 1.54) is 16.0 Å². The van der Waals surface area contributed by atoms with Crippen molar-refractivity contribution in [3.8, 4) is 0 Å². The molecule has 0 saturated carbocycles. The summed E-state index contributed by atoms with van der Waals surface area (Å²) in [6.07, 6.45) is 0.852. The van der Waals surface area contributed by atoms with Crippen LogP contribution in [0.15, 0.2) is 35.7 Å². The van der Waals surface area contributed by atoms with E-state index in [1.54, 1.807) is 23.2 Å². The van der Waals surface area contributed by atoms with E-state index in [4.69, 9.17) is 11.6 Å². The zero-order valence-corrected chi connectivity index (χ0v) is 19.1. The first-order valence-electron chi connectivity index (χ1n) is 10.1. The molecule has 0 spiro atoms. The van der Waals surface area contributed by atoms with Crippen LogP contribution in [0, 0.1) is 12.8 Å². The maximum absolute atomic E-state index is 13.4. The third kappa shape index (κ3) is 4.84. The van der Waals surface area contributed by atoms with Crippen molar-refractivity contribution in [1.82, 2.24) is 9.80 Å². The molecule has 2 atom stereocenters. The zero-order valence-electron chi connectivity index (χ0n) is 17.5. The zero-order chi connectivity index (χ0) is 21.1. The number of fused-ring (bicyclic) bond motifs is 1. The van der Waals surface area contributed by atoms with Crippen LogP contribution in [-0.2, 0) is 16.0 Å². The molecule has 1 aromatic heterocycles. The number of carbonyl (C=O) groups is 2. The Hall–Kier alpha value is -1.85. The fourth-order valence-electron chi connectivity index (χ4n) is 3.99. The van der Waals surface area contributed by atoms with Crippen LogP contribution in [-0.4, -0.2) is 46.6 Å². The lowest BCUT2D eigenvalue weighted by molar-refractivity contribution is -0.141. The molecule has 0 bridgehead atoms. The van der Waals surface area contributed by atoms with Crippen molar-refractivity contribution in [3.63, 3.8) is 0 Å². The summed E-state index contributed by atoms with van der Waals surface area (Å²) >= 11 is 7.81. The number of halogens is 1. The Morgan fingerprint density at radius 1 is 1.21 bits per heavy atom. The first-order chi connectivity index (χ1) is 13.8. The van der Waals surface area contributed by atoms with Crippen molar-refractivity contribution in [3.05, 3.63) is 57.3 Å². The molecule has 1 aliphatic rings. The van der Waals surface area contributed by atoms with Gasteiger partial charge in [0.1, 0.15) is 5.38 Å². The van der Waals surface area contributed by atoms with Gasteiger partial charge in [0.25, 0.3) is 0 Å². The number of hydrogen-bond acceptors (Lipinski definition) is 3. The molecule has 2 unspecified atom stereocenters. The average molecular weight is 433 g/mol. The molecule has 29 heavy (non-hydrogen) atoms. The van der Waals surface area contributed by atoms with Crippen LogP contribution in [0.4, 0.5) is 0 Å². The van der Waals surface area contributed by atoms with Crippen LogP contribution in [0.3, 0.4) is 0 Å². The van der Waals surface area contributed by atoms with Crippen LogP contribution in [0.2, 0.25) is 0 Å². The summed E-state index contributed by atoms with van der Waals surface area (Å²) in [7, 11) is 0. The molecule has 3 rings (SSSR count). The van der Waals surface area contributed by atoms with Gasteiger partial charge in [-0.25, -0.2) is 0 Å². The Labute approximate surface area is 182 Å². The highest BCUT2D eigenvalue weighted by molar-refractivity contribution is 7.10. The van der Waals surface area contributed by atoms with Gasteiger partial charge in [-0.3, -0.25) is 9.59 Å². The molecule has 2 heterocycles. The van der Waals surface area contributed by atoms with Crippen LogP contribution >= 0.6 is 22.9 Å². The van der Waals surface area contributed by atoms with E-state index in [1.807, 2.05) is 30.9 Å². The minimum Gasteiger partial charge on any atom is -0.332 e. The highest BCUT2D eigenvalue weighted by Crippen LogP contribution is 2.39. The third-order valence-corrected chi connectivity index (χ3v) is 6.52. The molecule has 1 aliphatic heterocycles. The summed E-state index contributed by atoms with van der Waals surface area (Å²) in [5.41, 5.74) is 3.52. The smallest absolute Gasteiger partial charge is 0.242 e. The lowest BCUT2D eigenvalue weighted by Crippen LogP contribution is -2.48. The molecule has 0 fully saturated rings. The van der Waals surface area contributed by atoms with E-state index in [0.717, 1.165) is 12.0 Å². The molecule has 6 heteroatoms. The summed E-state index contributed by atoms with van der Waals surface area (Å²) in [4.78, 5) is 30.9. The Bertz CT molecular complexity index is 877. The normalized spacial score (nSPS) is 17.2. The monoisotopic (exact) mass is 432 g/mol. The molecule has 4 nitrogen and oxygen atoms in total. The summed E-state index contributed by atoms with van der Waals surface area (Å²) in [5, 5.41) is 1.46. The predicted octanol–water partition coefficient (Wildman–Crippen LogP) is 4.64. The summed E-state index contributed by atoms with van der Waals surface area (Å²) < 4.78 is 0. The summed E-state index contributed by atoms with van der Waals surface area (Å²) in [5.74, 6) is 0.0509. The number of carbonyl (C=O) groups excluding carboxylic acids is 2. The molecule has 156 valence electrons. The maximum atomic E-state index is 13.4. The van der Waals surface area contributed by atoms with Gasteiger partial charge in [0.05, 0.1) is 12.6 Å². The summed E-state index contributed by atoms with van der Waals surface area (Å²) in [6.45, 7) is 9.07. The Kier molecular flexibility index (Phi) is 7.01.